The summed E-state index contributed by atoms with van der Waals surface area (Å²) in [5.74, 6) is 0.412. The van der Waals surface area contributed by atoms with Crippen molar-refractivity contribution in [3.63, 3.8) is 0 Å². The highest BCUT2D eigenvalue weighted by Crippen LogP contribution is 2.34. The second kappa shape index (κ2) is 8.79. The molecule has 6 nitrogen and oxygen atoms in total. The molecule has 1 saturated heterocycles. The van der Waals surface area contributed by atoms with Crippen LogP contribution in [0.25, 0.3) is 6.08 Å². The van der Waals surface area contributed by atoms with E-state index in [4.69, 9.17) is 9.47 Å². The first-order chi connectivity index (χ1) is 13.5. The summed E-state index contributed by atoms with van der Waals surface area (Å²) in [5, 5.41) is 2.57. The minimum absolute atomic E-state index is 0.000236. The van der Waals surface area contributed by atoms with Crippen molar-refractivity contribution in [2.75, 3.05) is 25.7 Å². The number of nitrogens with zero attached hydrogens (tertiary/aromatic N) is 1. The fourth-order valence-electron chi connectivity index (χ4n) is 2.57. The molecule has 0 aromatic heterocycles. The third kappa shape index (κ3) is 4.45. The van der Waals surface area contributed by atoms with E-state index < -0.39 is 5.91 Å². The molecule has 0 aliphatic carbocycles. The van der Waals surface area contributed by atoms with Crippen molar-refractivity contribution in [2.45, 2.75) is 6.92 Å². The standard InChI is InChI=1S/C20H19FN2O4S/c1-3-27-16-9-4-13(10-17(16)26-2)11-18-19(24)23(20(25)28-18)12-22-15-7-5-14(21)6-8-15/h4-11,22H,3,12H2,1-2H3/b18-11-. The molecule has 0 unspecified atom stereocenters. The number of thioether (sulfide) groups is 1. The van der Waals surface area contributed by atoms with Crippen molar-refractivity contribution < 1.29 is 23.5 Å². The zero-order valence-electron chi connectivity index (χ0n) is 15.4. The molecule has 28 heavy (non-hydrogen) atoms. The van der Waals surface area contributed by atoms with Gasteiger partial charge < -0.3 is 14.8 Å². The number of anilines is 1. The smallest absolute Gasteiger partial charge is 0.295 e. The molecule has 0 atom stereocenters. The van der Waals surface area contributed by atoms with E-state index in [1.165, 1.54) is 31.4 Å². The Kier molecular flexibility index (Phi) is 6.20. The van der Waals surface area contributed by atoms with Crippen molar-refractivity contribution in [3.8, 4) is 11.5 Å². The number of amides is 2. The summed E-state index contributed by atoms with van der Waals surface area (Å²) in [4.78, 5) is 26.2. The summed E-state index contributed by atoms with van der Waals surface area (Å²) in [6.07, 6.45) is 1.64. The Labute approximate surface area is 166 Å². The first kappa shape index (κ1) is 19.8. The van der Waals surface area contributed by atoms with Crippen LogP contribution in [0.5, 0.6) is 11.5 Å². The molecule has 0 spiro atoms. The summed E-state index contributed by atoms with van der Waals surface area (Å²) < 4.78 is 23.7. The Balaban J connectivity index is 1.72. The van der Waals surface area contributed by atoms with Crippen LogP contribution in [0.4, 0.5) is 14.9 Å². The molecule has 0 saturated carbocycles. The number of imide groups is 1. The van der Waals surface area contributed by atoms with Crippen LogP contribution < -0.4 is 14.8 Å². The maximum absolute atomic E-state index is 13.0. The molecule has 1 fully saturated rings. The van der Waals surface area contributed by atoms with Gasteiger partial charge in [0.1, 0.15) is 5.82 Å². The van der Waals surface area contributed by atoms with E-state index in [0.717, 1.165) is 22.2 Å². The van der Waals surface area contributed by atoms with Crippen LogP contribution in [0.15, 0.2) is 47.4 Å². The quantitative estimate of drug-likeness (QED) is 0.695. The molecular weight excluding hydrogens is 383 g/mol. The van der Waals surface area contributed by atoms with E-state index in [1.54, 1.807) is 24.3 Å². The number of carbonyl (C=O) groups is 2. The van der Waals surface area contributed by atoms with E-state index in [-0.39, 0.29) is 17.7 Å². The molecule has 3 rings (SSSR count). The second-order valence-electron chi connectivity index (χ2n) is 5.79. The molecule has 1 heterocycles. The van der Waals surface area contributed by atoms with E-state index >= 15 is 0 Å². The van der Waals surface area contributed by atoms with Gasteiger partial charge in [-0.05, 0) is 66.7 Å². The molecule has 1 aliphatic heterocycles. The molecule has 1 N–H and O–H groups in total. The number of carbonyl (C=O) groups excluding carboxylic acids is 2. The van der Waals surface area contributed by atoms with Crippen molar-refractivity contribution in [3.05, 3.63) is 58.8 Å². The SMILES string of the molecule is CCOc1ccc(/C=C2\SC(=O)N(CNc3ccc(F)cc3)C2=O)cc1OC. The van der Waals surface area contributed by atoms with E-state index in [1.807, 2.05) is 6.92 Å². The highest BCUT2D eigenvalue weighted by molar-refractivity contribution is 8.18. The Morgan fingerprint density at radius 1 is 1.14 bits per heavy atom. The maximum Gasteiger partial charge on any atom is 0.295 e. The second-order valence-corrected chi connectivity index (χ2v) is 6.79. The van der Waals surface area contributed by atoms with E-state index in [2.05, 4.69) is 5.32 Å². The molecule has 2 amide bonds. The molecule has 2 aromatic rings. The van der Waals surface area contributed by atoms with Crippen LogP contribution in [0.3, 0.4) is 0 Å². The number of methoxy groups -OCH3 is 1. The number of nitrogens with one attached hydrogen (secondary N) is 1. The molecule has 0 radical (unpaired) electrons. The summed E-state index contributed by atoms with van der Waals surface area (Å²) in [5.41, 5.74) is 1.33. The number of benzene rings is 2. The summed E-state index contributed by atoms with van der Waals surface area (Å²) in [7, 11) is 1.54. The topological polar surface area (TPSA) is 67.9 Å². The third-order valence-corrected chi connectivity index (χ3v) is 4.85. The summed E-state index contributed by atoms with van der Waals surface area (Å²) >= 11 is 0.869. The van der Waals surface area contributed by atoms with Crippen LogP contribution in [0.2, 0.25) is 0 Å². The number of ether oxygens (including phenoxy) is 2. The van der Waals surface area contributed by atoms with Crippen LogP contribution in [-0.4, -0.2) is 36.4 Å². The van der Waals surface area contributed by atoms with Gasteiger partial charge in [-0.25, -0.2) is 4.39 Å². The predicted molar refractivity (Wildman–Crippen MR) is 107 cm³/mol. The first-order valence-corrected chi connectivity index (χ1v) is 9.39. The van der Waals surface area contributed by atoms with Gasteiger partial charge in [0.15, 0.2) is 11.5 Å². The van der Waals surface area contributed by atoms with Gasteiger partial charge in [-0.15, -0.1) is 0 Å². The van der Waals surface area contributed by atoms with Crippen molar-refractivity contribution in [2.24, 2.45) is 0 Å². The molecule has 8 heteroatoms. The van der Waals surface area contributed by atoms with E-state index in [9.17, 15) is 14.0 Å². The van der Waals surface area contributed by atoms with Gasteiger partial charge in [-0.1, -0.05) is 6.07 Å². The minimum Gasteiger partial charge on any atom is -0.493 e. The van der Waals surface area contributed by atoms with Crippen LogP contribution in [0.1, 0.15) is 12.5 Å². The molecule has 146 valence electrons. The van der Waals surface area contributed by atoms with Crippen molar-refractivity contribution in [1.29, 1.82) is 0 Å². The van der Waals surface area contributed by atoms with Gasteiger partial charge in [0, 0.05) is 5.69 Å². The largest absolute Gasteiger partial charge is 0.493 e. The summed E-state index contributed by atoms with van der Waals surface area (Å²) in [6, 6.07) is 11.0. The number of halogens is 1. The minimum atomic E-state index is -0.391. The maximum atomic E-state index is 13.0. The number of rotatable bonds is 7. The first-order valence-electron chi connectivity index (χ1n) is 8.57. The zero-order chi connectivity index (χ0) is 20.1. The lowest BCUT2D eigenvalue weighted by molar-refractivity contribution is -0.122. The lowest BCUT2D eigenvalue weighted by atomic mass is 10.2. The molecule has 1 aliphatic rings. The van der Waals surface area contributed by atoms with Gasteiger partial charge in [0.2, 0.25) is 0 Å². The zero-order valence-corrected chi connectivity index (χ0v) is 16.2. The lowest BCUT2D eigenvalue weighted by Gasteiger charge is -2.14. The highest BCUT2D eigenvalue weighted by Gasteiger charge is 2.34. The Bertz CT molecular complexity index is 915. The predicted octanol–water partition coefficient (Wildman–Crippen LogP) is 4.34. The molecule has 0 bridgehead atoms. The normalized spacial score (nSPS) is 15.2. The van der Waals surface area contributed by atoms with Crippen LogP contribution in [-0.2, 0) is 4.79 Å². The van der Waals surface area contributed by atoms with Gasteiger partial charge in [-0.2, -0.15) is 0 Å². The van der Waals surface area contributed by atoms with Gasteiger partial charge in [0.25, 0.3) is 11.1 Å². The van der Waals surface area contributed by atoms with Gasteiger partial charge in [0.05, 0.1) is 25.3 Å². The average molecular weight is 402 g/mol. The fourth-order valence-corrected chi connectivity index (χ4v) is 3.41. The van der Waals surface area contributed by atoms with Crippen LogP contribution in [0, 0.1) is 5.82 Å². The molecular formula is C20H19FN2O4S. The lowest BCUT2D eigenvalue weighted by Crippen LogP contribution is -2.33. The fraction of sp³-hybridized carbons (Fsp3) is 0.200. The molecule has 2 aromatic carbocycles. The number of hydrogen-bond acceptors (Lipinski definition) is 6. The average Bonchev–Trinajstić information content (AvgIpc) is 2.95. The Morgan fingerprint density at radius 3 is 2.57 bits per heavy atom. The van der Waals surface area contributed by atoms with E-state index in [0.29, 0.717) is 28.7 Å². The van der Waals surface area contributed by atoms with Crippen molar-refractivity contribution >= 4 is 34.7 Å². The van der Waals surface area contributed by atoms with Crippen LogP contribution >= 0.6 is 11.8 Å². The Morgan fingerprint density at radius 2 is 1.89 bits per heavy atom. The van der Waals surface area contributed by atoms with Gasteiger partial charge >= 0.3 is 0 Å². The monoisotopic (exact) mass is 402 g/mol. The number of hydrogen-bond donors (Lipinski definition) is 1. The summed E-state index contributed by atoms with van der Waals surface area (Å²) in [6.45, 7) is 2.39. The van der Waals surface area contributed by atoms with Gasteiger partial charge in [-0.3, -0.25) is 14.5 Å². The highest BCUT2D eigenvalue weighted by atomic mass is 32.2. The third-order valence-electron chi connectivity index (χ3n) is 3.94. The van der Waals surface area contributed by atoms with Crippen molar-refractivity contribution in [1.82, 2.24) is 4.90 Å². The Hall–Kier alpha value is -3.00.